The Labute approximate surface area is 155 Å². The zero-order chi connectivity index (χ0) is 18.5. The predicted octanol–water partition coefficient (Wildman–Crippen LogP) is 1.72. The fraction of sp³-hybridized carbons (Fsp3) is 0.650. The molecule has 2 aliphatic heterocycles. The zero-order valence-corrected chi connectivity index (χ0v) is 16.0. The van der Waals surface area contributed by atoms with Crippen molar-refractivity contribution in [1.29, 1.82) is 0 Å². The molecule has 3 atom stereocenters. The molecule has 0 aromatic heterocycles. The van der Waals surface area contributed by atoms with Crippen LogP contribution >= 0.6 is 0 Å². The van der Waals surface area contributed by atoms with Gasteiger partial charge < -0.3 is 23.8 Å². The highest BCUT2D eigenvalue weighted by Crippen LogP contribution is 2.40. The molecule has 1 aromatic carbocycles. The third-order valence-corrected chi connectivity index (χ3v) is 5.78. The monoisotopic (exact) mass is 364 g/mol. The van der Waals surface area contributed by atoms with Crippen LogP contribution in [0.15, 0.2) is 12.1 Å². The van der Waals surface area contributed by atoms with Crippen molar-refractivity contribution in [3.63, 3.8) is 0 Å². The number of rotatable bonds is 6. The van der Waals surface area contributed by atoms with E-state index in [1.807, 2.05) is 0 Å². The average molecular weight is 364 g/mol. The van der Waals surface area contributed by atoms with E-state index in [1.54, 1.807) is 24.1 Å². The minimum absolute atomic E-state index is 0.352. The molecule has 0 bridgehead atoms. The molecular weight excluding hydrogens is 334 g/mol. The van der Waals surface area contributed by atoms with Crippen LogP contribution in [0.5, 0.6) is 17.2 Å². The lowest BCUT2D eigenvalue weighted by atomic mass is 9.84. The van der Waals surface area contributed by atoms with E-state index in [0.29, 0.717) is 41.4 Å². The molecule has 0 saturated carbocycles. The summed E-state index contributed by atoms with van der Waals surface area (Å²) in [4.78, 5) is 14.4. The van der Waals surface area contributed by atoms with Crippen molar-refractivity contribution >= 4 is 5.97 Å². The second-order valence-corrected chi connectivity index (χ2v) is 7.14. The van der Waals surface area contributed by atoms with Gasteiger partial charge in [0.1, 0.15) is 12.2 Å². The van der Waals surface area contributed by atoms with Crippen LogP contribution in [0.2, 0.25) is 0 Å². The van der Waals surface area contributed by atoms with E-state index >= 15 is 0 Å². The molecule has 3 rings (SSSR count). The summed E-state index contributed by atoms with van der Waals surface area (Å²) in [6, 6.07) is 4.00. The summed E-state index contributed by atoms with van der Waals surface area (Å²) < 4.78 is 21.7. The third kappa shape index (κ3) is 3.75. The van der Waals surface area contributed by atoms with Crippen molar-refractivity contribution < 1.29 is 28.6 Å². The van der Waals surface area contributed by atoms with Crippen molar-refractivity contribution in [1.82, 2.24) is 0 Å². The van der Waals surface area contributed by atoms with Crippen molar-refractivity contribution in [2.45, 2.75) is 38.1 Å². The fourth-order valence-corrected chi connectivity index (χ4v) is 4.50. The lowest BCUT2D eigenvalue weighted by Gasteiger charge is -2.41. The number of benzene rings is 1. The Morgan fingerprint density at radius 3 is 2.50 bits per heavy atom. The number of ether oxygens (including phenoxy) is 4. The fourth-order valence-electron chi connectivity index (χ4n) is 4.50. The van der Waals surface area contributed by atoms with E-state index in [4.69, 9.17) is 18.9 Å². The van der Waals surface area contributed by atoms with Crippen LogP contribution < -0.4 is 19.1 Å². The number of hydrogen-bond donors (Lipinski definition) is 1. The Morgan fingerprint density at radius 2 is 1.77 bits per heavy atom. The maximum absolute atomic E-state index is 12.7. The first kappa shape index (κ1) is 18.8. The number of esters is 1. The van der Waals surface area contributed by atoms with Gasteiger partial charge in [-0.1, -0.05) is 0 Å². The SMILES string of the molecule is COc1ccc(C(=O)OC[C@@H]2CCC[NH+]3CCCC[C@H]23)c(OC)c1OC. The molecule has 2 saturated heterocycles. The highest BCUT2D eigenvalue weighted by molar-refractivity contribution is 5.94. The number of hydrogen-bond acceptors (Lipinski definition) is 5. The van der Waals surface area contributed by atoms with Crippen molar-refractivity contribution in [2.24, 2.45) is 5.92 Å². The third-order valence-electron chi connectivity index (χ3n) is 5.78. The van der Waals surface area contributed by atoms with Crippen LogP contribution in [0.25, 0.3) is 0 Å². The topological polar surface area (TPSA) is 58.4 Å². The van der Waals surface area contributed by atoms with E-state index in [9.17, 15) is 4.79 Å². The first-order valence-corrected chi connectivity index (χ1v) is 9.50. The van der Waals surface area contributed by atoms with E-state index < -0.39 is 0 Å². The Morgan fingerprint density at radius 1 is 1.00 bits per heavy atom. The summed E-state index contributed by atoms with van der Waals surface area (Å²) in [6.45, 7) is 3.00. The molecule has 6 nitrogen and oxygen atoms in total. The van der Waals surface area contributed by atoms with Gasteiger partial charge in [-0.2, -0.15) is 0 Å². The predicted molar refractivity (Wildman–Crippen MR) is 97.4 cm³/mol. The van der Waals surface area contributed by atoms with Gasteiger partial charge in [0.05, 0.1) is 40.5 Å². The molecule has 26 heavy (non-hydrogen) atoms. The molecule has 2 heterocycles. The zero-order valence-electron chi connectivity index (χ0n) is 16.0. The molecular formula is C20H30NO5+. The maximum Gasteiger partial charge on any atom is 0.342 e. The lowest BCUT2D eigenvalue weighted by Crippen LogP contribution is -3.18. The van der Waals surface area contributed by atoms with Crippen LogP contribution in [0, 0.1) is 5.92 Å². The molecule has 0 amide bonds. The van der Waals surface area contributed by atoms with E-state index in [0.717, 1.165) is 6.42 Å². The second-order valence-electron chi connectivity index (χ2n) is 7.14. The summed E-state index contributed by atoms with van der Waals surface area (Å²) in [5.74, 6) is 1.37. The van der Waals surface area contributed by atoms with Gasteiger partial charge in [-0.3, -0.25) is 0 Å². The number of nitrogens with one attached hydrogen (secondary N) is 1. The quantitative estimate of drug-likeness (QED) is 0.779. The molecule has 1 N–H and O–H groups in total. The summed E-state index contributed by atoms with van der Waals surface area (Å²) in [5, 5.41) is 0. The molecule has 0 spiro atoms. The summed E-state index contributed by atoms with van der Waals surface area (Å²) in [5.41, 5.74) is 0.369. The highest BCUT2D eigenvalue weighted by atomic mass is 16.5. The molecule has 1 unspecified atom stereocenters. The minimum atomic E-state index is -0.370. The highest BCUT2D eigenvalue weighted by Gasteiger charge is 2.37. The normalized spacial score (nSPS) is 25.1. The summed E-state index contributed by atoms with van der Waals surface area (Å²) in [7, 11) is 4.59. The maximum atomic E-state index is 12.7. The Hall–Kier alpha value is -1.95. The molecule has 2 fully saturated rings. The van der Waals surface area contributed by atoms with Gasteiger partial charge in [0.25, 0.3) is 0 Å². The number of fused-ring (bicyclic) bond motifs is 1. The number of piperidine rings is 2. The Kier molecular flexibility index (Phi) is 6.25. The molecule has 6 heteroatoms. The number of carbonyl (C=O) groups excluding carboxylic acids is 1. The Balaban J connectivity index is 1.70. The van der Waals surface area contributed by atoms with Gasteiger partial charge in [-0.15, -0.1) is 0 Å². The van der Waals surface area contributed by atoms with Crippen LogP contribution in [0.1, 0.15) is 42.5 Å². The van der Waals surface area contributed by atoms with Gasteiger partial charge in [0, 0.05) is 5.92 Å². The van der Waals surface area contributed by atoms with Crippen molar-refractivity contribution in [2.75, 3.05) is 41.0 Å². The van der Waals surface area contributed by atoms with E-state index in [2.05, 4.69) is 0 Å². The number of methoxy groups -OCH3 is 3. The second kappa shape index (κ2) is 8.62. The molecule has 144 valence electrons. The number of quaternary nitrogens is 1. The van der Waals surface area contributed by atoms with Gasteiger partial charge >= 0.3 is 5.97 Å². The summed E-state index contributed by atoms with van der Waals surface area (Å²) >= 11 is 0. The molecule has 0 aliphatic carbocycles. The van der Waals surface area contributed by atoms with Gasteiger partial charge in [0.15, 0.2) is 11.5 Å². The lowest BCUT2D eigenvalue weighted by molar-refractivity contribution is -0.940. The molecule has 0 radical (unpaired) electrons. The van der Waals surface area contributed by atoms with Gasteiger partial charge in [0.2, 0.25) is 5.75 Å². The van der Waals surface area contributed by atoms with E-state index in [1.165, 1.54) is 53.0 Å². The first-order chi connectivity index (χ1) is 12.7. The van der Waals surface area contributed by atoms with Crippen LogP contribution in [0.4, 0.5) is 0 Å². The minimum Gasteiger partial charge on any atom is -0.493 e. The average Bonchev–Trinajstić information content (AvgIpc) is 2.70. The molecule has 2 aliphatic rings. The smallest absolute Gasteiger partial charge is 0.342 e. The van der Waals surface area contributed by atoms with Crippen molar-refractivity contribution in [3.8, 4) is 17.2 Å². The van der Waals surface area contributed by atoms with Crippen LogP contribution in [-0.2, 0) is 4.74 Å². The standard InChI is InChI=1S/C20H29NO5/c1-23-17-10-9-15(18(24-2)19(17)25-3)20(22)26-13-14-7-6-12-21-11-5-4-8-16(14)21/h9-10,14,16H,4-8,11-13H2,1-3H3/p+1/t14-,16+/m0/s1. The van der Waals surface area contributed by atoms with Crippen molar-refractivity contribution in [3.05, 3.63) is 17.7 Å². The van der Waals surface area contributed by atoms with Gasteiger partial charge in [-0.25, -0.2) is 4.79 Å². The first-order valence-electron chi connectivity index (χ1n) is 9.50. The largest absolute Gasteiger partial charge is 0.493 e. The number of carbonyl (C=O) groups is 1. The van der Waals surface area contributed by atoms with Gasteiger partial charge in [-0.05, 0) is 44.2 Å². The summed E-state index contributed by atoms with van der Waals surface area (Å²) in [6.07, 6.45) is 6.22. The Bertz CT molecular complexity index is 631. The van der Waals surface area contributed by atoms with Crippen LogP contribution in [-0.4, -0.2) is 53.0 Å². The van der Waals surface area contributed by atoms with E-state index in [-0.39, 0.29) is 5.97 Å². The molecule has 1 aromatic rings. The van der Waals surface area contributed by atoms with Crippen LogP contribution in [0.3, 0.4) is 0 Å².